The Kier molecular flexibility index (Phi) is 2.63. The van der Waals surface area contributed by atoms with Gasteiger partial charge in [0.05, 0.1) is 6.20 Å². The summed E-state index contributed by atoms with van der Waals surface area (Å²) >= 11 is 0. The highest BCUT2D eigenvalue weighted by Crippen LogP contribution is 2.15. The largest absolute Gasteiger partial charge is 0.355 e. The molecule has 0 saturated carbocycles. The zero-order chi connectivity index (χ0) is 9.97. The molecule has 0 radical (unpaired) electrons. The number of halogens is 1. The Morgan fingerprint density at radius 2 is 2.43 bits per heavy atom. The monoisotopic (exact) mass is 195 g/mol. The molecule has 0 spiro atoms. The van der Waals surface area contributed by atoms with Crippen LogP contribution in [-0.2, 0) is 0 Å². The summed E-state index contributed by atoms with van der Waals surface area (Å²) in [5.41, 5.74) is 0. The first-order chi connectivity index (χ1) is 6.77. The molecule has 1 unspecified atom stereocenters. The van der Waals surface area contributed by atoms with Crippen molar-refractivity contribution in [2.45, 2.75) is 12.5 Å². The van der Waals surface area contributed by atoms with E-state index in [1.807, 2.05) is 7.05 Å². The van der Waals surface area contributed by atoms with Crippen molar-refractivity contribution < 1.29 is 4.39 Å². The van der Waals surface area contributed by atoms with Crippen LogP contribution in [0, 0.1) is 5.82 Å². The van der Waals surface area contributed by atoms with Gasteiger partial charge in [0.2, 0.25) is 0 Å². The topological polar surface area (TPSA) is 28.2 Å². The van der Waals surface area contributed by atoms with E-state index in [1.165, 1.54) is 12.3 Å². The Labute approximate surface area is 82.9 Å². The summed E-state index contributed by atoms with van der Waals surface area (Å²) in [7, 11) is 2.00. The summed E-state index contributed by atoms with van der Waals surface area (Å²) in [6.45, 7) is 2.03. The van der Waals surface area contributed by atoms with E-state index in [1.54, 1.807) is 6.07 Å². The molecule has 1 saturated heterocycles. The lowest BCUT2D eigenvalue weighted by atomic mass is 10.2. The first-order valence-electron chi connectivity index (χ1n) is 4.82. The second-order valence-corrected chi connectivity index (χ2v) is 3.59. The van der Waals surface area contributed by atoms with Gasteiger partial charge < -0.3 is 10.2 Å². The van der Waals surface area contributed by atoms with Gasteiger partial charge in [0.15, 0.2) is 0 Å². The zero-order valence-corrected chi connectivity index (χ0v) is 8.20. The van der Waals surface area contributed by atoms with Gasteiger partial charge >= 0.3 is 0 Å². The normalized spacial score (nSPS) is 21.1. The number of nitrogens with zero attached hydrogens (tertiary/aromatic N) is 2. The van der Waals surface area contributed by atoms with Gasteiger partial charge in [-0.1, -0.05) is 0 Å². The van der Waals surface area contributed by atoms with Gasteiger partial charge in [-0.15, -0.1) is 0 Å². The molecule has 4 heteroatoms. The van der Waals surface area contributed by atoms with Crippen LogP contribution >= 0.6 is 0 Å². The van der Waals surface area contributed by atoms with E-state index in [0.29, 0.717) is 6.04 Å². The Bertz CT molecular complexity index is 293. The molecule has 1 aromatic heterocycles. The summed E-state index contributed by atoms with van der Waals surface area (Å²) in [6, 6.07) is 3.64. The van der Waals surface area contributed by atoms with Gasteiger partial charge in [-0.25, -0.2) is 9.37 Å². The Balaban J connectivity index is 2.09. The van der Waals surface area contributed by atoms with E-state index in [-0.39, 0.29) is 5.82 Å². The number of rotatable bonds is 2. The number of hydrogen-bond acceptors (Lipinski definition) is 3. The molecule has 1 aromatic rings. The van der Waals surface area contributed by atoms with Gasteiger partial charge in [-0.3, -0.25) is 0 Å². The molecule has 2 heterocycles. The van der Waals surface area contributed by atoms with Crippen LogP contribution in [0.5, 0.6) is 0 Å². The van der Waals surface area contributed by atoms with Crippen molar-refractivity contribution >= 4 is 5.82 Å². The molecule has 1 atom stereocenters. The minimum Gasteiger partial charge on any atom is -0.355 e. The van der Waals surface area contributed by atoms with Crippen LogP contribution in [0.2, 0.25) is 0 Å². The van der Waals surface area contributed by atoms with Crippen LogP contribution in [-0.4, -0.2) is 31.2 Å². The van der Waals surface area contributed by atoms with E-state index in [0.717, 1.165) is 25.3 Å². The fraction of sp³-hybridized carbons (Fsp3) is 0.500. The second-order valence-electron chi connectivity index (χ2n) is 3.59. The minimum absolute atomic E-state index is 0.285. The maximum atomic E-state index is 12.6. The van der Waals surface area contributed by atoms with Gasteiger partial charge in [-0.05, 0) is 25.1 Å². The zero-order valence-electron chi connectivity index (χ0n) is 8.20. The first-order valence-corrected chi connectivity index (χ1v) is 4.82. The number of pyridine rings is 1. The average molecular weight is 195 g/mol. The van der Waals surface area contributed by atoms with Crippen molar-refractivity contribution in [1.29, 1.82) is 0 Å². The lowest BCUT2D eigenvalue weighted by Gasteiger charge is -2.24. The van der Waals surface area contributed by atoms with Crippen molar-refractivity contribution in [1.82, 2.24) is 10.3 Å². The maximum absolute atomic E-state index is 12.6. The molecule has 0 amide bonds. The van der Waals surface area contributed by atoms with Crippen LogP contribution in [0.15, 0.2) is 18.3 Å². The Morgan fingerprint density at radius 1 is 1.57 bits per heavy atom. The fourth-order valence-electron chi connectivity index (χ4n) is 1.73. The van der Waals surface area contributed by atoms with Gasteiger partial charge in [0.25, 0.3) is 0 Å². The molecular formula is C10H14FN3. The molecular weight excluding hydrogens is 181 g/mol. The van der Waals surface area contributed by atoms with E-state index in [9.17, 15) is 4.39 Å². The summed E-state index contributed by atoms with van der Waals surface area (Å²) in [5, 5.41) is 3.29. The van der Waals surface area contributed by atoms with Gasteiger partial charge in [-0.2, -0.15) is 0 Å². The van der Waals surface area contributed by atoms with Crippen molar-refractivity contribution in [2.24, 2.45) is 0 Å². The molecule has 1 aliphatic heterocycles. The molecule has 1 aliphatic rings. The van der Waals surface area contributed by atoms with E-state index < -0.39 is 0 Å². The number of likely N-dealkylation sites (N-methyl/N-ethyl adjacent to an activating group) is 1. The van der Waals surface area contributed by atoms with Crippen molar-refractivity contribution in [3.8, 4) is 0 Å². The van der Waals surface area contributed by atoms with E-state index >= 15 is 0 Å². The standard InChI is InChI=1S/C10H14FN3/c1-14(9-4-5-12-7-9)10-3-2-8(11)6-13-10/h2-3,6,9,12H,4-5,7H2,1H3. The predicted molar refractivity (Wildman–Crippen MR) is 53.9 cm³/mol. The summed E-state index contributed by atoms with van der Waals surface area (Å²) in [5.74, 6) is 0.548. The lowest BCUT2D eigenvalue weighted by Crippen LogP contribution is -2.33. The van der Waals surface area contributed by atoms with E-state index in [4.69, 9.17) is 0 Å². The Hall–Kier alpha value is -1.16. The molecule has 0 bridgehead atoms. The third-order valence-corrected chi connectivity index (χ3v) is 2.66. The van der Waals surface area contributed by atoms with Crippen LogP contribution < -0.4 is 10.2 Å². The van der Waals surface area contributed by atoms with Crippen molar-refractivity contribution in [2.75, 3.05) is 25.0 Å². The quantitative estimate of drug-likeness (QED) is 0.763. The molecule has 1 N–H and O–H groups in total. The highest BCUT2D eigenvalue weighted by Gasteiger charge is 2.19. The summed E-state index contributed by atoms with van der Waals surface area (Å²) < 4.78 is 12.6. The minimum atomic E-state index is -0.285. The molecule has 0 aliphatic carbocycles. The second kappa shape index (κ2) is 3.92. The molecule has 2 rings (SSSR count). The molecule has 1 fully saturated rings. The number of anilines is 1. The fourth-order valence-corrected chi connectivity index (χ4v) is 1.73. The van der Waals surface area contributed by atoms with Crippen molar-refractivity contribution in [3.63, 3.8) is 0 Å². The van der Waals surface area contributed by atoms with Gasteiger partial charge in [0, 0.05) is 19.6 Å². The number of hydrogen-bond donors (Lipinski definition) is 1. The highest BCUT2D eigenvalue weighted by atomic mass is 19.1. The summed E-state index contributed by atoms with van der Waals surface area (Å²) in [4.78, 5) is 6.14. The highest BCUT2D eigenvalue weighted by molar-refractivity contribution is 5.38. The third-order valence-electron chi connectivity index (χ3n) is 2.66. The van der Waals surface area contributed by atoms with Gasteiger partial charge in [0.1, 0.15) is 11.6 Å². The van der Waals surface area contributed by atoms with Crippen LogP contribution in [0.4, 0.5) is 10.2 Å². The third kappa shape index (κ3) is 1.85. The number of aromatic nitrogens is 1. The van der Waals surface area contributed by atoms with Crippen molar-refractivity contribution in [3.05, 3.63) is 24.1 Å². The molecule has 0 aromatic carbocycles. The number of nitrogens with one attached hydrogen (secondary N) is 1. The molecule has 3 nitrogen and oxygen atoms in total. The smallest absolute Gasteiger partial charge is 0.141 e. The van der Waals surface area contributed by atoms with E-state index in [2.05, 4.69) is 15.2 Å². The predicted octanol–water partition coefficient (Wildman–Crippen LogP) is 1.02. The average Bonchev–Trinajstić information content (AvgIpc) is 2.71. The maximum Gasteiger partial charge on any atom is 0.141 e. The molecule has 76 valence electrons. The first kappa shape index (κ1) is 9.40. The summed E-state index contributed by atoms with van der Waals surface area (Å²) in [6.07, 6.45) is 2.38. The van der Waals surface area contributed by atoms with Crippen LogP contribution in [0.3, 0.4) is 0 Å². The SMILES string of the molecule is CN(c1ccc(F)cn1)C1CCNC1. The molecule has 14 heavy (non-hydrogen) atoms. The lowest BCUT2D eigenvalue weighted by molar-refractivity contribution is 0.617. The van der Waals surface area contributed by atoms with Crippen LogP contribution in [0.1, 0.15) is 6.42 Å². The van der Waals surface area contributed by atoms with Crippen LogP contribution in [0.25, 0.3) is 0 Å². The Morgan fingerprint density at radius 3 is 3.00 bits per heavy atom.